The van der Waals surface area contributed by atoms with E-state index in [1.807, 2.05) is 12.1 Å². The molecular formula is C14H22ClN3. The Balaban J connectivity index is 1.80. The largest absolute Gasteiger partial charge is 0.306 e. The van der Waals surface area contributed by atoms with Crippen LogP contribution in [0.2, 0.25) is 5.15 Å². The molecule has 0 radical (unpaired) electrons. The zero-order valence-electron chi connectivity index (χ0n) is 11.3. The number of hydrogen-bond acceptors (Lipinski definition) is 3. The number of nitrogens with zero attached hydrogens (tertiary/aromatic N) is 3. The van der Waals surface area contributed by atoms with Crippen LogP contribution in [-0.2, 0) is 6.54 Å². The van der Waals surface area contributed by atoms with E-state index in [1.165, 1.54) is 38.0 Å². The van der Waals surface area contributed by atoms with Gasteiger partial charge in [-0.2, -0.15) is 0 Å². The molecule has 100 valence electrons. The summed E-state index contributed by atoms with van der Waals surface area (Å²) in [7, 11) is 4.39. The van der Waals surface area contributed by atoms with Gasteiger partial charge in [-0.1, -0.05) is 11.6 Å². The summed E-state index contributed by atoms with van der Waals surface area (Å²) in [4.78, 5) is 8.82. The number of pyridine rings is 1. The molecule has 1 aliphatic heterocycles. The first-order valence-corrected chi connectivity index (χ1v) is 6.99. The predicted molar refractivity (Wildman–Crippen MR) is 75.8 cm³/mol. The summed E-state index contributed by atoms with van der Waals surface area (Å²) in [6, 6.07) is 3.99. The van der Waals surface area contributed by atoms with Crippen LogP contribution < -0.4 is 0 Å². The van der Waals surface area contributed by atoms with Crippen LogP contribution >= 0.6 is 11.6 Å². The van der Waals surface area contributed by atoms with Crippen molar-refractivity contribution in [2.24, 2.45) is 5.92 Å². The van der Waals surface area contributed by atoms with E-state index in [0.29, 0.717) is 5.15 Å². The van der Waals surface area contributed by atoms with Gasteiger partial charge in [0.25, 0.3) is 0 Å². The number of aromatic nitrogens is 1. The lowest BCUT2D eigenvalue weighted by Gasteiger charge is -2.31. The molecule has 0 N–H and O–H groups in total. The van der Waals surface area contributed by atoms with Gasteiger partial charge in [0, 0.05) is 19.3 Å². The van der Waals surface area contributed by atoms with Crippen molar-refractivity contribution in [1.82, 2.24) is 14.8 Å². The van der Waals surface area contributed by atoms with Crippen LogP contribution in [0.3, 0.4) is 0 Å². The Morgan fingerprint density at radius 2 is 2.17 bits per heavy atom. The lowest BCUT2D eigenvalue weighted by Crippen LogP contribution is -2.35. The minimum Gasteiger partial charge on any atom is -0.306 e. The third-order valence-electron chi connectivity index (χ3n) is 3.65. The van der Waals surface area contributed by atoms with Gasteiger partial charge in [-0.15, -0.1) is 0 Å². The van der Waals surface area contributed by atoms with Gasteiger partial charge in [-0.25, -0.2) is 4.98 Å². The Hall–Kier alpha value is -0.640. The molecule has 0 amide bonds. The molecule has 0 bridgehead atoms. The maximum absolute atomic E-state index is 5.90. The minimum atomic E-state index is 0.584. The molecule has 4 heteroatoms. The van der Waals surface area contributed by atoms with Gasteiger partial charge in [0.05, 0.1) is 0 Å². The second-order valence-corrected chi connectivity index (χ2v) is 5.82. The predicted octanol–water partition coefficient (Wildman–Crippen LogP) is 2.51. The molecule has 1 aromatic rings. The summed E-state index contributed by atoms with van der Waals surface area (Å²) in [6.07, 6.45) is 4.41. The molecule has 1 saturated heterocycles. The number of rotatable bonds is 4. The topological polar surface area (TPSA) is 19.4 Å². The van der Waals surface area contributed by atoms with Crippen molar-refractivity contribution in [3.63, 3.8) is 0 Å². The zero-order chi connectivity index (χ0) is 13.0. The molecule has 0 atom stereocenters. The number of halogens is 1. The monoisotopic (exact) mass is 267 g/mol. The van der Waals surface area contributed by atoms with Crippen molar-refractivity contribution in [3.8, 4) is 0 Å². The summed E-state index contributed by atoms with van der Waals surface area (Å²) >= 11 is 5.90. The van der Waals surface area contributed by atoms with E-state index in [0.717, 1.165) is 12.5 Å². The molecule has 18 heavy (non-hydrogen) atoms. The van der Waals surface area contributed by atoms with E-state index >= 15 is 0 Å². The molecule has 1 aromatic heterocycles. The fourth-order valence-electron chi connectivity index (χ4n) is 2.60. The van der Waals surface area contributed by atoms with E-state index < -0.39 is 0 Å². The highest BCUT2D eigenvalue weighted by molar-refractivity contribution is 6.29. The van der Waals surface area contributed by atoms with Gasteiger partial charge in [0.15, 0.2) is 0 Å². The van der Waals surface area contributed by atoms with Gasteiger partial charge >= 0.3 is 0 Å². The number of hydrogen-bond donors (Lipinski definition) is 0. The summed E-state index contributed by atoms with van der Waals surface area (Å²) < 4.78 is 0. The Labute approximate surface area is 115 Å². The van der Waals surface area contributed by atoms with E-state index in [1.54, 1.807) is 6.20 Å². The molecule has 2 rings (SSSR count). The number of likely N-dealkylation sites (tertiary alicyclic amines) is 1. The van der Waals surface area contributed by atoms with Crippen LogP contribution in [0.1, 0.15) is 18.4 Å². The van der Waals surface area contributed by atoms with E-state index in [4.69, 9.17) is 11.6 Å². The Kier molecular flexibility index (Phi) is 4.98. The molecule has 0 aromatic carbocycles. The fraction of sp³-hybridized carbons (Fsp3) is 0.643. The molecule has 2 heterocycles. The molecule has 0 saturated carbocycles. The molecule has 0 spiro atoms. The maximum atomic E-state index is 5.90. The fourth-order valence-corrected chi connectivity index (χ4v) is 2.80. The van der Waals surface area contributed by atoms with Gasteiger partial charge in [0.2, 0.25) is 0 Å². The van der Waals surface area contributed by atoms with Crippen molar-refractivity contribution >= 4 is 11.6 Å². The Bertz CT molecular complexity index is 375. The number of piperidine rings is 1. The van der Waals surface area contributed by atoms with Crippen molar-refractivity contribution < 1.29 is 0 Å². The first-order chi connectivity index (χ1) is 8.63. The lowest BCUT2D eigenvalue weighted by molar-refractivity contribution is 0.173. The molecule has 1 fully saturated rings. The quantitative estimate of drug-likeness (QED) is 0.782. The van der Waals surface area contributed by atoms with Crippen molar-refractivity contribution in [1.29, 1.82) is 0 Å². The van der Waals surface area contributed by atoms with Crippen molar-refractivity contribution in [3.05, 3.63) is 29.0 Å². The first kappa shape index (κ1) is 13.8. The van der Waals surface area contributed by atoms with Crippen LogP contribution in [0.5, 0.6) is 0 Å². The van der Waals surface area contributed by atoms with E-state index in [2.05, 4.69) is 28.9 Å². The highest BCUT2D eigenvalue weighted by atomic mass is 35.5. The first-order valence-electron chi connectivity index (χ1n) is 6.61. The average molecular weight is 268 g/mol. The van der Waals surface area contributed by atoms with Gasteiger partial charge in [-0.05, 0) is 63.6 Å². The molecule has 1 aliphatic rings. The van der Waals surface area contributed by atoms with Gasteiger partial charge in [-0.3, -0.25) is 0 Å². The van der Waals surface area contributed by atoms with Crippen LogP contribution in [0.15, 0.2) is 18.3 Å². The average Bonchev–Trinajstić information content (AvgIpc) is 2.32. The Morgan fingerprint density at radius 1 is 1.44 bits per heavy atom. The highest BCUT2D eigenvalue weighted by Gasteiger charge is 2.18. The second kappa shape index (κ2) is 6.50. The normalized spacial score (nSPS) is 18.4. The van der Waals surface area contributed by atoms with Crippen LogP contribution in [0, 0.1) is 5.92 Å². The van der Waals surface area contributed by atoms with Crippen molar-refractivity contribution in [2.75, 3.05) is 33.7 Å². The van der Waals surface area contributed by atoms with Crippen LogP contribution in [0.4, 0.5) is 0 Å². The van der Waals surface area contributed by atoms with Gasteiger partial charge in [0.1, 0.15) is 5.15 Å². The summed E-state index contributed by atoms with van der Waals surface area (Å²) in [5, 5.41) is 0.584. The third kappa shape index (κ3) is 4.23. The molecular weight excluding hydrogens is 246 g/mol. The molecule has 0 unspecified atom stereocenters. The molecule has 0 aliphatic carbocycles. The summed E-state index contributed by atoms with van der Waals surface area (Å²) in [5.74, 6) is 0.837. The van der Waals surface area contributed by atoms with Crippen LogP contribution in [0.25, 0.3) is 0 Å². The lowest BCUT2D eigenvalue weighted by atomic mass is 9.96. The summed E-state index contributed by atoms with van der Waals surface area (Å²) in [6.45, 7) is 4.60. The van der Waals surface area contributed by atoms with Gasteiger partial charge < -0.3 is 9.80 Å². The highest BCUT2D eigenvalue weighted by Crippen LogP contribution is 2.18. The maximum Gasteiger partial charge on any atom is 0.129 e. The third-order valence-corrected chi connectivity index (χ3v) is 3.86. The smallest absolute Gasteiger partial charge is 0.129 e. The minimum absolute atomic E-state index is 0.584. The summed E-state index contributed by atoms with van der Waals surface area (Å²) in [5.41, 5.74) is 1.24. The second-order valence-electron chi connectivity index (χ2n) is 5.43. The van der Waals surface area contributed by atoms with E-state index in [9.17, 15) is 0 Å². The zero-order valence-corrected chi connectivity index (χ0v) is 12.0. The standard InChI is InChI=1S/C14H22ClN3/c1-17-7-4-12(5-8-17)10-18(2)11-13-3-6-16-14(15)9-13/h3,6,9,12H,4-5,7-8,10-11H2,1-2H3. The SMILES string of the molecule is CN1CCC(CN(C)Cc2ccnc(Cl)c2)CC1. The Morgan fingerprint density at radius 3 is 2.83 bits per heavy atom. The van der Waals surface area contributed by atoms with Crippen molar-refractivity contribution in [2.45, 2.75) is 19.4 Å². The molecule has 3 nitrogen and oxygen atoms in total. The van der Waals surface area contributed by atoms with Crippen LogP contribution in [-0.4, -0.2) is 48.5 Å². The van der Waals surface area contributed by atoms with E-state index in [-0.39, 0.29) is 0 Å².